The van der Waals surface area contributed by atoms with Crippen LogP contribution in [0.3, 0.4) is 0 Å². The van der Waals surface area contributed by atoms with Crippen molar-refractivity contribution in [2.45, 2.75) is 12.5 Å². The Morgan fingerprint density at radius 1 is 1.03 bits per heavy atom. The molecule has 8 nitrogen and oxygen atoms in total. The first-order chi connectivity index (χ1) is 16.5. The summed E-state index contributed by atoms with van der Waals surface area (Å²) in [6.45, 7) is 4.23. The highest BCUT2D eigenvalue weighted by molar-refractivity contribution is 6.46. The largest absolute Gasteiger partial charge is 0.507 e. The lowest BCUT2D eigenvalue weighted by Gasteiger charge is -2.29. The van der Waals surface area contributed by atoms with E-state index in [4.69, 9.17) is 14.2 Å². The molecule has 0 aliphatic carbocycles. The number of methoxy groups -OCH3 is 2. The lowest BCUT2D eigenvalue weighted by molar-refractivity contribution is -0.140. The summed E-state index contributed by atoms with van der Waals surface area (Å²) in [4.78, 5) is 30.2. The molecule has 1 atom stereocenters. The van der Waals surface area contributed by atoms with E-state index < -0.39 is 17.7 Å². The van der Waals surface area contributed by atoms with Gasteiger partial charge in [0.25, 0.3) is 11.7 Å². The molecule has 0 spiro atoms. The number of carbonyl (C=O) groups excluding carboxylic acids is 2. The molecule has 180 valence electrons. The van der Waals surface area contributed by atoms with Crippen molar-refractivity contribution < 1.29 is 28.9 Å². The van der Waals surface area contributed by atoms with Crippen LogP contribution in [0.15, 0.2) is 54.1 Å². The van der Waals surface area contributed by atoms with Crippen molar-refractivity contribution in [3.63, 3.8) is 0 Å². The van der Waals surface area contributed by atoms with Gasteiger partial charge in [-0.15, -0.1) is 0 Å². The normalized spacial score (nSPS) is 20.5. The van der Waals surface area contributed by atoms with Crippen molar-refractivity contribution in [3.8, 4) is 11.5 Å². The number of hydrogen-bond donors (Lipinski definition) is 1. The first-order valence-corrected chi connectivity index (χ1v) is 11.4. The second-order valence-electron chi connectivity index (χ2n) is 8.27. The van der Waals surface area contributed by atoms with Crippen LogP contribution in [0.1, 0.15) is 23.6 Å². The lowest BCUT2D eigenvalue weighted by atomic mass is 9.94. The van der Waals surface area contributed by atoms with Gasteiger partial charge in [0.2, 0.25) is 0 Å². The second-order valence-corrected chi connectivity index (χ2v) is 8.27. The van der Waals surface area contributed by atoms with Crippen LogP contribution in [0, 0.1) is 0 Å². The number of ether oxygens (including phenoxy) is 3. The first-order valence-electron chi connectivity index (χ1n) is 11.4. The summed E-state index contributed by atoms with van der Waals surface area (Å²) in [6.07, 6.45) is 0.682. The highest BCUT2D eigenvalue weighted by atomic mass is 16.5. The number of ketones is 1. The molecule has 0 saturated carbocycles. The van der Waals surface area contributed by atoms with Gasteiger partial charge in [-0.1, -0.05) is 30.3 Å². The molecule has 0 aromatic heterocycles. The average molecular weight is 467 g/mol. The zero-order chi connectivity index (χ0) is 24.1. The van der Waals surface area contributed by atoms with Crippen LogP contribution in [0.25, 0.3) is 5.76 Å². The fourth-order valence-electron chi connectivity index (χ4n) is 4.53. The number of rotatable bonds is 8. The molecule has 2 aliphatic rings. The minimum absolute atomic E-state index is 0.0501. The van der Waals surface area contributed by atoms with Gasteiger partial charge in [0.1, 0.15) is 17.3 Å². The van der Waals surface area contributed by atoms with E-state index in [-0.39, 0.29) is 11.3 Å². The minimum atomic E-state index is -0.796. The number of hydrogen-bond acceptors (Lipinski definition) is 7. The smallest absolute Gasteiger partial charge is 0.295 e. The Kier molecular flexibility index (Phi) is 7.49. The van der Waals surface area contributed by atoms with Gasteiger partial charge in [0.15, 0.2) is 0 Å². The van der Waals surface area contributed by atoms with Crippen LogP contribution in [-0.2, 0) is 14.3 Å². The van der Waals surface area contributed by atoms with Crippen molar-refractivity contribution >= 4 is 17.4 Å². The zero-order valence-corrected chi connectivity index (χ0v) is 19.5. The van der Waals surface area contributed by atoms with Gasteiger partial charge in [0, 0.05) is 37.3 Å². The van der Waals surface area contributed by atoms with E-state index in [0.29, 0.717) is 48.8 Å². The fraction of sp³-hybridized carbons (Fsp3) is 0.385. The number of aliphatic hydroxyl groups excluding tert-OH is 1. The van der Waals surface area contributed by atoms with Crippen LogP contribution in [0.2, 0.25) is 0 Å². The van der Waals surface area contributed by atoms with E-state index in [1.54, 1.807) is 49.6 Å². The summed E-state index contributed by atoms with van der Waals surface area (Å²) in [7, 11) is 3.09. The number of aliphatic hydroxyl groups is 1. The van der Waals surface area contributed by atoms with Crippen molar-refractivity contribution in [2.24, 2.45) is 0 Å². The summed E-state index contributed by atoms with van der Waals surface area (Å²) >= 11 is 0. The van der Waals surface area contributed by atoms with Gasteiger partial charge in [-0.25, -0.2) is 0 Å². The van der Waals surface area contributed by atoms with Gasteiger partial charge in [0.05, 0.1) is 39.0 Å². The number of amides is 1. The quantitative estimate of drug-likeness (QED) is 0.364. The summed E-state index contributed by atoms with van der Waals surface area (Å²) in [5, 5.41) is 11.2. The topological polar surface area (TPSA) is 88.5 Å². The van der Waals surface area contributed by atoms with Crippen molar-refractivity contribution in [1.82, 2.24) is 9.80 Å². The number of nitrogens with zero attached hydrogens (tertiary/aromatic N) is 2. The Labute approximate surface area is 199 Å². The van der Waals surface area contributed by atoms with E-state index in [9.17, 15) is 14.7 Å². The van der Waals surface area contributed by atoms with Crippen LogP contribution >= 0.6 is 0 Å². The molecule has 2 aromatic rings. The number of morpholine rings is 1. The van der Waals surface area contributed by atoms with E-state index in [0.717, 1.165) is 19.6 Å². The molecule has 0 radical (unpaired) electrons. The average Bonchev–Trinajstić information content (AvgIpc) is 3.14. The van der Waals surface area contributed by atoms with Crippen molar-refractivity contribution in [2.75, 3.05) is 53.6 Å². The Hall–Kier alpha value is -3.36. The lowest BCUT2D eigenvalue weighted by Crippen LogP contribution is -2.39. The first kappa shape index (κ1) is 23.8. The molecule has 2 aliphatic heterocycles. The summed E-state index contributed by atoms with van der Waals surface area (Å²) in [5.74, 6) is -0.472. The third-order valence-electron chi connectivity index (χ3n) is 6.30. The molecule has 4 rings (SSSR count). The van der Waals surface area contributed by atoms with Crippen LogP contribution in [0.4, 0.5) is 0 Å². The van der Waals surface area contributed by atoms with E-state index >= 15 is 0 Å². The molecule has 34 heavy (non-hydrogen) atoms. The Morgan fingerprint density at radius 2 is 1.76 bits per heavy atom. The highest BCUT2D eigenvalue weighted by Crippen LogP contribution is 2.43. The van der Waals surface area contributed by atoms with Crippen LogP contribution in [-0.4, -0.2) is 80.2 Å². The van der Waals surface area contributed by atoms with E-state index in [2.05, 4.69) is 4.90 Å². The Morgan fingerprint density at radius 3 is 2.44 bits per heavy atom. The number of benzene rings is 2. The van der Waals surface area contributed by atoms with Gasteiger partial charge >= 0.3 is 0 Å². The molecule has 2 aromatic carbocycles. The van der Waals surface area contributed by atoms with E-state index in [1.165, 1.54) is 12.0 Å². The molecule has 1 amide bonds. The SMILES string of the molecule is COc1ccc(OC)c([C@H]2/C(=C(\O)c3ccccc3)C(=O)C(=O)N2CCCN2CCOCC2)c1. The molecule has 0 bridgehead atoms. The summed E-state index contributed by atoms with van der Waals surface area (Å²) in [5.41, 5.74) is 1.11. The number of Topliss-reactive ketones (excluding diaryl/α,β-unsaturated/α-hetero) is 1. The van der Waals surface area contributed by atoms with Crippen LogP contribution < -0.4 is 9.47 Å². The van der Waals surface area contributed by atoms with Crippen molar-refractivity contribution in [3.05, 3.63) is 65.2 Å². The standard InChI is InChI=1S/C26H30N2O6/c1-32-19-9-10-21(33-2)20(17-19)23-22(24(29)18-7-4-3-5-8-18)25(30)26(31)28(23)12-6-11-27-13-15-34-16-14-27/h3-5,7-10,17,23,29H,6,11-16H2,1-2H3/b24-22+/t23-/m0/s1. The Balaban J connectivity index is 1.74. The minimum Gasteiger partial charge on any atom is -0.507 e. The van der Waals surface area contributed by atoms with Crippen molar-refractivity contribution in [1.29, 1.82) is 0 Å². The summed E-state index contributed by atoms with van der Waals surface area (Å²) < 4.78 is 16.4. The van der Waals surface area contributed by atoms with E-state index in [1.807, 2.05) is 6.07 Å². The molecule has 2 heterocycles. The molecule has 2 fully saturated rings. The molecule has 0 unspecified atom stereocenters. The molecule has 2 saturated heterocycles. The maximum atomic E-state index is 13.2. The molecular formula is C26H30N2O6. The maximum Gasteiger partial charge on any atom is 0.295 e. The summed E-state index contributed by atoms with van der Waals surface area (Å²) in [6, 6.07) is 13.2. The third-order valence-corrected chi connectivity index (χ3v) is 6.30. The van der Waals surface area contributed by atoms with Gasteiger partial charge in [-0.05, 0) is 24.6 Å². The molecule has 1 N–H and O–H groups in total. The Bertz CT molecular complexity index is 1060. The predicted molar refractivity (Wildman–Crippen MR) is 127 cm³/mol. The van der Waals surface area contributed by atoms with Gasteiger partial charge < -0.3 is 24.2 Å². The van der Waals surface area contributed by atoms with Gasteiger partial charge in [-0.3, -0.25) is 14.5 Å². The third kappa shape index (κ3) is 4.78. The highest BCUT2D eigenvalue weighted by Gasteiger charge is 2.47. The molecule has 8 heteroatoms. The van der Waals surface area contributed by atoms with Crippen LogP contribution in [0.5, 0.6) is 11.5 Å². The van der Waals surface area contributed by atoms with Gasteiger partial charge in [-0.2, -0.15) is 0 Å². The molecular weight excluding hydrogens is 436 g/mol. The monoisotopic (exact) mass is 466 g/mol. The number of likely N-dealkylation sites (tertiary alicyclic amines) is 1. The number of carbonyl (C=O) groups is 2. The second kappa shape index (κ2) is 10.7. The maximum absolute atomic E-state index is 13.2. The predicted octanol–water partition coefficient (Wildman–Crippen LogP) is 2.85. The zero-order valence-electron chi connectivity index (χ0n) is 19.5. The fourth-order valence-corrected chi connectivity index (χ4v) is 4.53.